The lowest BCUT2D eigenvalue weighted by Crippen LogP contribution is -2.38. The van der Waals surface area contributed by atoms with Crippen molar-refractivity contribution in [3.63, 3.8) is 0 Å². The van der Waals surface area contributed by atoms with Crippen molar-refractivity contribution in [1.82, 2.24) is 9.97 Å². The predicted molar refractivity (Wildman–Crippen MR) is 76.9 cm³/mol. The van der Waals surface area contributed by atoms with E-state index in [0.29, 0.717) is 17.9 Å². The summed E-state index contributed by atoms with van der Waals surface area (Å²) in [7, 11) is 0. The number of aromatic nitrogens is 2. The first-order valence-corrected chi connectivity index (χ1v) is 7.55. The second-order valence-electron chi connectivity index (χ2n) is 5.53. The molecule has 3 heterocycles. The second kappa shape index (κ2) is 6.83. The topological polar surface area (TPSA) is 71.3 Å². The Morgan fingerprint density at radius 2 is 2.14 bits per heavy atom. The highest BCUT2D eigenvalue weighted by Crippen LogP contribution is 2.20. The van der Waals surface area contributed by atoms with Gasteiger partial charge in [0.05, 0.1) is 31.2 Å². The van der Waals surface area contributed by atoms with Gasteiger partial charge in [0.25, 0.3) is 0 Å². The van der Waals surface area contributed by atoms with Gasteiger partial charge >= 0.3 is 0 Å². The van der Waals surface area contributed by atoms with Crippen LogP contribution in [0.1, 0.15) is 31.4 Å². The molecule has 1 atom stereocenters. The Morgan fingerprint density at radius 1 is 1.29 bits per heavy atom. The summed E-state index contributed by atoms with van der Waals surface area (Å²) in [6.07, 6.45) is 8.08. The first kappa shape index (κ1) is 14.2. The average Bonchev–Trinajstić information content (AvgIpc) is 3.07. The van der Waals surface area contributed by atoms with Gasteiger partial charge in [0, 0.05) is 19.7 Å². The maximum Gasteiger partial charge on any atom is 0.158 e. The van der Waals surface area contributed by atoms with E-state index in [1.54, 1.807) is 6.20 Å². The van der Waals surface area contributed by atoms with Crippen LogP contribution in [0, 0.1) is 11.3 Å². The molecule has 112 valence electrons. The molecule has 1 unspecified atom stereocenters. The summed E-state index contributed by atoms with van der Waals surface area (Å²) in [5.74, 6) is 0.839. The largest absolute Gasteiger partial charge is 0.376 e. The number of anilines is 1. The second-order valence-corrected chi connectivity index (χ2v) is 5.53. The van der Waals surface area contributed by atoms with E-state index in [0.717, 1.165) is 57.8 Å². The van der Waals surface area contributed by atoms with Crippen molar-refractivity contribution in [2.45, 2.75) is 37.9 Å². The van der Waals surface area contributed by atoms with Crippen LogP contribution in [0.4, 0.5) is 5.82 Å². The molecule has 1 aromatic heterocycles. The van der Waals surface area contributed by atoms with E-state index in [2.05, 4.69) is 14.9 Å². The molecule has 0 aromatic carbocycles. The van der Waals surface area contributed by atoms with E-state index >= 15 is 0 Å². The van der Waals surface area contributed by atoms with Gasteiger partial charge in [-0.25, -0.2) is 9.97 Å². The Morgan fingerprint density at radius 3 is 2.76 bits per heavy atom. The number of ether oxygens (including phenoxy) is 2. The van der Waals surface area contributed by atoms with E-state index in [9.17, 15) is 0 Å². The molecule has 0 saturated carbocycles. The van der Waals surface area contributed by atoms with Gasteiger partial charge in [-0.05, 0) is 25.7 Å². The minimum Gasteiger partial charge on any atom is -0.376 e. The molecule has 0 bridgehead atoms. The summed E-state index contributed by atoms with van der Waals surface area (Å²) in [6.45, 7) is 3.43. The summed E-state index contributed by atoms with van der Waals surface area (Å²) in [5.41, 5.74) is 0.355. The van der Waals surface area contributed by atoms with Crippen LogP contribution in [0.5, 0.6) is 0 Å². The minimum absolute atomic E-state index is 0.299. The lowest BCUT2D eigenvalue weighted by Gasteiger charge is -2.32. The van der Waals surface area contributed by atoms with Crippen LogP contribution in [0.3, 0.4) is 0 Å². The summed E-state index contributed by atoms with van der Waals surface area (Å²) in [4.78, 5) is 10.5. The van der Waals surface area contributed by atoms with Crippen molar-refractivity contribution in [1.29, 1.82) is 5.26 Å². The van der Waals surface area contributed by atoms with Crippen molar-refractivity contribution >= 4 is 5.82 Å². The Bertz CT molecular complexity index is 485. The quantitative estimate of drug-likeness (QED) is 0.836. The van der Waals surface area contributed by atoms with Gasteiger partial charge in [-0.15, -0.1) is 0 Å². The van der Waals surface area contributed by atoms with Crippen LogP contribution in [0.25, 0.3) is 0 Å². The fourth-order valence-electron chi connectivity index (χ4n) is 2.81. The van der Waals surface area contributed by atoms with Crippen molar-refractivity contribution in [3.8, 4) is 6.07 Å². The number of piperidine rings is 1. The van der Waals surface area contributed by atoms with Gasteiger partial charge < -0.3 is 14.4 Å². The molecule has 0 aliphatic carbocycles. The van der Waals surface area contributed by atoms with Crippen molar-refractivity contribution in [2.24, 2.45) is 0 Å². The van der Waals surface area contributed by atoms with Gasteiger partial charge in [-0.3, -0.25) is 0 Å². The molecule has 2 aliphatic rings. The third-order valence-electron chi connectivity index (χ3n) is 4.06. The molecule has 6 nitrogen and oxygen atoms in total. The normalized spacial score (nSPS) is 23.2. The molecule has 0 radical (unpaired) electrons. The lowest BCUT2D eigenvalue weighted by molar-refractivity contribution is -0.0280. The molecule has 21 heavy (non-hydrogen) atoms. The summed E-state index contributed by atoms with van der Waals surface area (Å²) in [5, 5.41) is 8.73. The molecule has 0 amide bonds. The van der Waals surface area contributed by atoms with E-state index in [4.69, 9.17) is 14.7 Å². The van der Waals surface area contributed by atoms with Gasteiger partial charge in [0.1, 0.15) is 11.9 Å². The highest BCUT2D eigenvalue weighted by atomic mass is 16.5. The first-order valence-electron chi connectivity index (χ1n) is 7.55. The predicted octanol–water partition coefficient (Wildman–Crippen LogP) is 1.51. The molecule has 2 aliphatic heterocycles. The molecule has 1 aromatic rings. The van der Waals surface area contributed by atoms with Crippen LogP contribution in [0.15, 0.2) is 12.4 Å². The highest BCUT2D eigenvalue weighted by Gasteiger charge is 2.23. The van der Waals surface area contributed by atoms with Crippen LogP contribution >= 0.6 is 0 Å². The number of hydrogen-bond acceptors (Lipinski definition) is 6. The Balaban J connectivity index is 1.44. The van der Waals surface area contributed by atoms with Crippen LogP contribution < -0.4 is 4.90 Å². The zero-order chi connectivity index (χ0) is 14.5. The maximum atomic E-state index is 8.73. The lowest BCUT2D eigenvalue weighted by atomic mass is 10.1. The molecule has 0 N–H and O–H groups in total. The molecule has 6 heteroatoms. The molecular weight excluding hydrogens is 268 g/mol. The highest BCUT2D eigenvalue weighted by molar-refractivity contribution is 5.37. The molecule has 0 spiro atoms. The standard InChI is InChI=1S/C15H20N4O2/c16-8-12-9-18-15(10-17-12)19-5-3-13(4-6-19)21-11-14-2-1-7-20-14/h9-10,13-14H,1-7,11H2. The number of nitriles is 1. The van der Waals surface area contributed by atoms with Crippen molar-refractivity contribution in [3.05, 3.63) is 18.1 Å². The van der Waals surface area contributed by atoms with E-state index in [1.807, 2.05) is 6.07 Å². The van der Waals surface area contributed by atoms with Crippen LogP contribution in [-0.2, 0) is 9.47 Å². The maximum absolute atomic E-state index is 8.73. The third-order valence-corrected chi connectivity index (χ3v) is 4.06. The molecule has 2 fully saturated rings. The van der Waals surface area contributed by atoms with E-state index in [-0.39, 0.29) is 0 Å². The first-order chi connectivity index (χ1) is 10.3. The average molecular weight is 288 g/mol. The molecular formula is C15H20N4O2. The molecule has 3 rings (SSSR count). The van der Waals surface area contributed by atoms with E-state index in [1.165, 1.54) is 6.20 Å². The smallest absolute Gasteiger partial charge is 0.158 e. The third kappa shape index (κ3) is 3.69. The fraction of sp³-hybridized carbons (Fsp3) is 0.667. The van der Waals surface area contributed by atoms with Gasteiger partial charge in [-0.2, -0.15) is 5.26 Å². The van der Waals surface area contributed by atoms with Gasteiger partial charge in [-0.1, -0.05) is 0 Å². The Kier molecular flexibility index (Phi) is 4.63. The summed E-state index contributed by atoms with van der Waals surface area (Å²) in [6, 6.07) is 1.98. The monoisotopic (exact) mass is 288 g/mol. The minimum atomic E-state index is 0.299. The van der Waals surface area contributed by atoms with E-state index < -0.39 is 0 Å². The number of rotatable bonds is 4. The summed E-state index contributed by atoms with van der Waals surface area (Å²) < 4.78 is 11.5. The van der Waals surface area contributed by atoms with Crippen molar-refractivity contribution in [2.75, 3.05) is 31.2 Å². The van der Waals surface area contributed by atoms with Crippen LogP contribution in [-0.4, -0.2) is 48.5 Å². The van der Waals surface area contributed by atoms with Crippen molar-refractivity contribution < 1.29 is 9.47 Å². The number of nitrogens with zero attached hydrogens (tertiary/aromatic N) is 4. The van der Waals surface area contributed by atoms with Crippen LogP contribution in [0.2, 0.25) is 0 Å². The zero-order valence-electron chi connectivity index (χ0n) is 12.1. The summed E-state index contributed by atoms with van der Waals surface area (Å²) >= 11 is 0. The zero-order valence-corrected chi connectivity index (χ0v) is 12.1. The fourth-order valence-corrected chi connectivity index (χ4v) is 2.81. The Hall–Kier alpha value is -1.71. The SMILES string of the molecule is N#Cc1cnc(N2CCC(OCC3CCCO3)CC2)cn1. The van der Waals surface area contributed by atoms with Gasteiger partial charge in [0.15, 0.2) is 5.69 Å². The Labute approximate surface area is 124 Å². The molecule has 2 saturated heterocycles. The van der Waals surface area contributed by atoms with Gasteiger partial charge in [0.2, 0.25) is 0 Å². The number of hydrogen-bond donors (Lipinski definition) is 0.